The van der Waals surface area contributed by atoms with Gasteiger partial charge in [-0.3, -0.25) is 9.89 Å². The summed E-state index contributed by atoms with van der Waals surface area (Å²) < 4.78 is 13.5. The average molecular weight is 269 g/mol. The number of rotatable bonds is 2. The standard InChI is InChI=1S/C10H6BrFN2O/c11-9-8(5-15)13-14-10(9)6-2-1-3-7(12)4-6/h1-5H,(H,13,14). The fraction of sp³-hybridized carbons (Fsp3) is 0. The molecule has 0 atom stereocenters. The summed E-state index contributed by atoms with van der Waals surface area (Å²) in [6.45, 7) is 0. The molecule has 0 bridgehead atoms. The first-order valence-electron chi connectivity index (χ1n) is 4.17. The lowest BCUT2D eigenvalue weighted by atomic mass is 10.1. The van der Waals surface area contributed by atoms with Crippen LogP contribution in [0.2, 0.25) is 0 Å². The van der Waals surface area contributed by atoms with Crippen LogP contribution in [-0.2, 0) is 0 Å². The maximum atomic E-state index is 13.0. The minimum atomic E-state index is -0.338. The van der Waals surface area contributed by atoms with Gasteiger partial charge in [-0.1, -0.05) is 12.1 Å². The number of nitrogens with zero attached hydrogens (tertiary/aromatic N) is 1. The molecular formula is C10H6BrFN2O. The van der Waals surface area contributed by atoms with Gasteiger partial charge in [0.05, 0.1) is 4.47 Å². The van der Waals surface area contributed by atoms with E-state index in [0.29, 0.717) is 27.7 Å². The van der Waals surface area contributed by atoms with Crippen molar-refractivity contribution >= 4 is 22.2 Å². The van der Waals surface area contributed by atoms with Crippen LogP contribution in [0.1, 0.15) is 10.5 Å². The minimum Gasteiger partial charge on any atom is -0.296 e. The van der Waals surface area contributed by atoms with E-state index in [9.17, 15) is 9.18 Å². The van der Waals surface area contributed by atoms with Gasteiger partial charge in [-0.2, -0.15) is 5.10 Å². The Hall–Kier alpha value is -1.49. The van der Waals surface area contributed by atoms with Crippen LogP contribution in [0, 0.1) is 5.82 Å². The zero-order valence-electron chi connectivity index (χ0n) is 7.50. The Balaban J connectivity index is 2.54. The van der Waals surface area contributed by atoms with E-state index in [0.717, 1.165) is 0 Å². The molecule has 0 aliphatic carbocycles. The Labute approximate surface area is 93.4 Å². The number of halogens is 2. The van der Waals surface area contributed by atoms with Crippen molar-refractivity contribution in [3.8, 4) is 11.3 Å². The lowest BCUT2D eigenvalue weighted by molar-refractivity contribution is 0.111. The quantitative estimate of drug-likeness (QED) is 0.852. The normalized spacial score (nSPS) is 10.3. The SMILES string of the molecule is O=Cc1[nH]nc(-c2cccc(F)c2)c1Br. The largest absolute Gasteiger partial charge is 0.296 e. The van der Waals surface area contributed by atoms with Crippen LogP contribution in [0.15, 0.2) is 28.7 Å². The summed E-state index contributed by atoms with van der Waals surface area (Å²) >= 11 is 3.23. The van der Waals surface area contributed by atoms with Gasteiger partial charge < -0.3 is 0 Å². The first-order chi connectivity index (χ1) is 7.22. The second-order valence-electron chi connectivity index (χ2n) is 2.93. The van der Waals surface area contributed by atoms with E-state index in [1.54, 1.807) is 12.1 Å². The van der Waals surface area contributed by atoms with Crippen molar-refractivity contribution < 1.29 is 9.18 Å². The number of carbonyl (C=O) groups is 1. The van der Waals surface area contributed by atoms with E-state index in [1.807, 2.05) is 0 Å². The molecule has 0 saturated heterocycles. The Bertz CT molecular complexity index is 510. The van der Waals surface area contributed by atoms with Gasteiger partial charge in [0.15, 0.2) is 6.29 Å². The molecule has 0 saturated carbocycles. The Kier molecular flexibility index (Phi) is 2.64. The van der Waals surface area contributed by atoms with E-state index >= 15 is 0 Å². The van der Waals surface area contributed by atoms with E-state index in [4.69, 9.17) is 0 Å². The van der Waals surface area contributed by atoms with Gasteiger partial charge in [-0.05, 0) is 28.1 Å². The molecule has 1 heterocycles. The number of H-pyrrole nitrogens is 1. The predicted octanol–water partition coefficient (Wildman–Crippen LogP) is 2.79. The highest BCUT2D eigenvalue weighted by molar-refractivity contribution is 9.10. The summed E-state index contributed by atoms with van der Waals surface area (Å²) in [6, 6.07) is 6.02. The third-order valence-electron chi connectivity index (χ3n) is 1.95. The van der Waals surface area contributed by atoms with Gasteiger partial charge in [-0.15, -0.1) is 0 Å². The molecule has 1 aromatic heterocycles. The zero-order valence-corrected chi connectivity index (χ0v) is 9.08. The predicted molar refractivity (Wildman–Crippen MR) is 57.1 cm³/mol. The molecule has 0 fully saturated rings. The lowest BCUT2D eigenvalue weighted by Crippen LogP contribution is -1.81. The number of aromatic nitrogens is 2. The molecule has 2 rings (SSSR count). The van der Waals surface area contributed by atoms with Crippen LogP contribution < -0.4 is 0 Å². The van der Waals surface area contributed by atoms with Gasteiger partial charge >= 0.3 is 0 Å². The molecule has 15 heavy (non-hydrogen) atoms. The number of benzene rings is 1. The van der Waals surface area contributed by atoms with E-state index in [2.05, 4.69) is 26.1 Å². The van der Waals surface area contributed by atoms with Crippen molar-refractivity contribution in [2.75, 3.05) is 0 Å². The lowest BCUT2D eigenvalue weighted by Gasteiger charge is -1.97. The van der Waals surface area contributed by atoms with Crippen molar-refractivity contribution in [1.82, 2.24) is 10.2 Å². The summed E-state index contributed by atoms with van der Waals surface area (Å²) in [5, 5.41) is 6.48. The summed E-state index contributed by atoms with van der Waals surface area (Å²) in [5.41, 5.74) is 1.48. The third kappa shape index (κ3) is 1.83. The summed E-state index contributed by atoms with van der Waals surface area (Å²) in [6.07, 6.45) is 0.653. The second kappa shape index (κ2) is 3.94. The van der Waals surface area contributed by atoms with E-state index < -0.39 is 0 Å². The minimum absolute atomic E-state index is 0.338. The monoisotopic (exact) mass is 268 g/mol. The van der Waals surface area contributed by atoms with Crippen LogP contribution >= 0.6 is 15.9 Å². The number of hydrogen-bond donors (Lipinski definition) is 1. The smallest absolute Gasteiger partial charge is 0.169 e. The number of aldehydes is 1. The molecule has 0 spiro atoms. The van der Waals surface area contributed by atoms with Crippen molar-refractivity contribution in [2.24, 2.45) is 0 Å². The average Bonchev–Trinajstić information content (AvgIpc) is 2.59. The maximum Gasteiger partial charge on any atom is 0.169 e. The molecule has 0 unspecified atom stereocenters. The topological polar surface area (TPSA) is 45.8 Å². The highest BCUT2D eigenvalue weighted by atomic mass is 79.9. The zero-order chi connectivity index (χ0) is 10.8. The van der Waals surface area contributed by atoms with Crippen LogP contribution in [0.4, 0.5) is 4.39 Å². The van der Waals surface area contributed by atoms with Crippen molar-refractivity contribution in [3.05, 3.63) is 40.2 Å². The molecule has 76 valence electrons. The van der Waals surface area contributed by atoms with E-state index in [-0.39, 0.29) is 5.82 Å². The molecule has 0 amide bonds. The number of nitrogens with one attached hydrogen (secondary N) is 1. The molecule has 0 radical (unpaired) electrons. The van der Waals surface area contributed by atoms with Crippen LogP contribution in [-0.4, -0.2) is 16.5 Å². The molecule has 5 heteroatoms. The van der Waals surface area contributed by atoms with Crippen LogP contribution in [0.3, 0.4) is 0 Å². The first kappa shape index (κ1) is 10.0. The summed E-state index contributed by atoms with van der Waals surface area (Å²) in [5.74, 6) is -0.338. The van der Waals surface area contributed by atoms with Gasteiger partial charge in [-0.25, -0.2) is 4.39 Å². The number of hydrogen-bond acceptors (Lipinski definition) is 2. The molecule has 0 aliphatic heterocycles. The van der Waals surface area contributed by atoms with Crippen molar-refractivity contribution in [1.29, 1.82) is 0 Å². The summed E-state index contributed by atoms with van der Waals surface area (Å²) in [7, 11) is 0. The maximum absolute atomic E-state index is 13.0. The van der Waals surface area contributed by atoms with E-state index in [1.165, 1.54) is 12.1 Å². The second-order valence-corrected chi connectivity index (χ2v) is 3.72. The first-order valence-corrected chi connectivity index (χ1v) is 4.96. The van der Waals surface area contributed by atoms with Gasteiger partial charge in [0, 0.05) is 5.56 Å². The van der Waals surface area contributed by atoms with Gasteiger partial charge in [0.2, 0.25) is 0 Å². The van der Waals surface area contributed by atoms with Crippen LogP contribution in [0.5, 0.6) is 0 Å². The third-order valence-corrected chi connectivity index (χ3v) is 2.75. The fourth-order valence-electron chi connectivity index (χ4n) is 1.25. The molecular weight excluding hydrogens is 263 g/mol. The molecule has 0 aliphatic rings. The Morgan fingerprint density at radius 1 is 1.47 bits per heavy atom. The molecule has 3 nitrogen and oxygen atoms in total. The summed E-state index contributed by atoms with van der Waals surface area (Å²) in [4.78, 5) is 10.6. The fourth-order valence-corrected chi connectivity index (χ4v) is 1.75. The Morgan fingerprint density at radius 3 is 2.87 bits per heavy atom. The van der Waals surface area contributed by atoms with Crippen molar-refractivity contribution in [3.63, 3.8) is 0 Å². The molecule has 2 aromatic rings. The van der Waals surface area contributed by atoms with Gasteiger partial charge in [0.1, 0.15) is 17.2 Å². The molecule has 1 aromatic carbocycles. The Morgan fingerprint density at radius 2 is 2.27 bits per heavy atom. The van der Waals surface area contributed by atoms with Gasteiger partial charge in [0.25, 0.3) is 0 Å². The van der Waals surface area contributed by atoms with Crippen LogP contribution in [0.25, 0.3) is 11.3 Å². The number of aromatic amines is 1. The number of carbonyl (C=O) groups excluding carboxylic acids is 1. The highest BCUT2D eigenvalue weighted by Gasteiger charge is 2.11. The molecule has 1 N–H and O–H groups in total. The highest BCUT2D eigenvalue weighted by Crippen LogP contribution is 2.28. The van der Waals surface area contributed by atoms with Crippen molar-refractivity contribution in [2.45, 2.75) is 0 Å².